The first-order valence-corrected chi connectivity index (χ1v) is 11.2. The normalized spacial score (nSPS) is 21.3. The number of ether oxygens (including phenoxy) is 6. The summed E-state index contributed by atoms with van der Waals surface area (Å²) in [4.78, 5) is 0. The Labute approximate surface area is 195 Å². The quantitative estimate of drug-likeness (QED) is 0.482. The Kier molecular flexibility index (Phi) is 8.99. The Morgan fingerprint density at radius 1 is 0.455 bits per heavy atom. The van der Waals surface area contributed by atoms with Gasteiger partial charge < -0.3 is 28.4 Å². The van der Waals surface area contributed by atoms with E-state index in [2.05, 4.69) is 0 Å². The number of benzene rings is 3. The first-order valence-electron chi connectivity index (χ1n) is 11.2. The van der Waals surface area contributed by atoms with Crippen LogP contribution in [0, 0.1) is 0 Å². The molecule has 1 heterocycles. The second kappa shape index (κ2) is 12.8. The van der Waals surface area contributed by atoms with Crippen molar-refractivity contribution < 1.29 is 28.4 Å². The Balaban J connectivity index is 1.35. The van der Waals surface area contributed by atoms with Gasteiger partial charge in [0.05, 0.1) is 19.8 Å². The minimum absolute atomic E-state index is 0.245. The third-order valence-corrected chi connectivity index (χ3v) is 5.09. The van der Waals surface area contributed by atoms with Crippen molar-refractivity contribution in [2.75, 3.05) is 39.6 Å². The van der Waals surface area contributed by atoms with Gasteiger partial charge in [0.2, 0.25) is 0 Å². The SMILES string of the molecule is c1ccc(OCC2COC(COc3ccccc3)COC(COc3ccccc3)CO2)cc1. The van der Waals surface area contributed by atoms with Gasteiger partial charge in [-0.3, -0.25) is 0 Å². The minimum Gasteiger partial charge on any atom is -0.491 e. The van der Waals surface area contributed by atoms with Crippen molar-refractivity contribution in [2.45, 2.75) is 18.3 Å². The van der Waals surface area contributed by atoms with Crippen LogP contribution in [0.15, 0.2) is 91.0 Å². The molecule has 1 saturated heterocycles. The van der Waals surface area contributed by atoms with Crippen molar-refractivity contribution in [3.8, 4) is 17.2 Å². The predicted octanol–water partition coefficient (Wildman–Crippen LogP) is 4.39. The Hall–Kier alpha value is -3.06. The van der Waals surface area contributed by atoms with E-state index in [1.807, 2.05) is 91.0 Å². The van der Waals surface area contributed by atoms with Crippen molar-refractivity contribution in [1.29, 1.82) is 0 Å². The molecule has 6 heteroatoms. The molecular formula is C27H30O6. The van der Waals surface area contributed by atoms with Crippen LogP contribution in [0.3, 0.4) is 0 Å². The fourth-order valence-electron chi connectivity index (χ4n) is 3.28. The highest BCUT2D eigenvalue weighted by Gasteiger charge is 2.24. The van der Waals surface area contributed by atoms with Crippen LogP contribution in [-0.4, -0.2) is 58.0 Å². The number of hydrogen-bond acceptors (Lipinski definition) is 6. The molecular weight excluding hydrogens is 420 g/mol. The molecule has 174 valence electrons. The van der Waals surface area contributed by atoms with Crippen LogP contribution in [-0.2, 0) is 14.2 Å². The summed E-state index contributed by atoms with van der Waals surface area (Å²) in [6.07, 6.45) is -0.735. The van der Waals surface area contributed by atoms with Crippen LogP contribution < -0.4 is 14.2 Å². The highest BCUT2D eigenvalue weighted by Crippen LogP contribution is 2.15. The zero-order valence-corrected chi connectivity index (χ0v) is 18.6. The largest absolute Gasteiger partial charge is 0.491 e. The van der Waals surface area contributed by atoms with Crippen LogP contribution in [0.4, 0.5) is 0 Å². The number of hydrogen-bond donors (Lipinski definition) is 0. The Morgan fingerprint density at radius 2 is 0.727 bits per heavy atom. The highest BCUT2D eigenvalue weighted by atomic mass is 16.6. The molecule has 0 aromatic heterocycles. The third kappa shape index (κ3) is 8.09. The maximum Gasteiger partial charge on any atom is 0.119 e. The van der Waals surface area contributed by atoms with E-state index in [1.165, 1.54) is 0 Å². The maximum absolute atomic E-state index is 6.10. The van der Waals surface area contributed by atoms with Crippen molar-refractivity contribution in [2.24, 2.45) is 0 Å². The van der Waals surface area contributed by atoms with Crippen LogP contribution in [0.5, 0.6) is 17.2 Å². The van der Waals surface area contributed by atoms with Gasteiger partial charge in [0.1, 0.15) is 55.4 Å². The summed E-state index contributed by atoms with van der Waals surface area (Å²) in [5, 5.41) is 0. The van der Waals surface area contributed by atoms with Crippen molar-refractivity contribution >= 4 is 0 Å². The van der Waals surface area contributed by atoms with Crippen LogP contribution >= 0.6 is 0 Å². The molecule has 3 atom stereocenters. The predicted molar refractivity (Wildman–Crippen MR) is 125 cm³/mol. The van der Waals surface area contributed by atoms with Crippen LogP contribution in [0.25, 0.3) is 0 Å². The van der Waals surface area contributed by atoms with Crippen molar-refractivity contribution in [1.82, 2.24) is 0 Å². The molecule has 33 heavy (non-hydrogen) atoms. The fraction of sp³-hybridized carbons (Fsp3) is 0.333. The summed E-state index contributed by atoms with van der Waals surface area (Å²) < 4.78 is 36.0. The van der Waals surface area contributed by atoms with Gasteiger partial charge in [-0.05, 0) is 36.4 Å². The molecule has 3 unspecified atom stereocenters. The summed E-state index contributed by atoms with van der Waals surface area (Å²) >= 11 is 0. The van der Waals surface area contributed by atoms with Gasteiger partial charge in [-0.1, -0.05) is 54.6 Å². The average Bonchev–Trinajstić information content (AvgIpc) is 2.97. The monoisotopic (exact) mass is 450 g/mol. The minimum atomic E-state index is -0.245. The van der Waals surface area contributed by atoms with E-state index in [0.717, 1.165) is 17.2 Å². The standard InChI is InChI=1S/C27H30O6/c1-4-10-22(11-5-1)28-16-25-19-32-27(18-30-24-14-8-3-9-15-24)21-33-26(20-31-25)17-29-23-12-6-2-7-13-23/h1-15,25-27H,16-21H2. The van der Waals surface area contributed by atoms with Gasteiger partial charge in [0, 0.05) is 0 Å². The molecule has 3 aromatic rings. The summed E-state index contributed by atoms with van der Waals surface area (Å²) in [6.45, 7) is 2.27. The number of para-hydroxylation sites is 3. The molecule has 4 rings (SSSR count). The van der Waals surface area contributed by atoms with Gasteiger partial charge in [-0.15, -0.1) is 0 Å². The Morgan fingerprint density at radius 3 is 1.00 bits per heavy atom. The zero-order chi connectivity index (χ0) is 22.6. The molecule has 0 saturated carbocycles. The summed E-state index contributed by atoms with van der Waals surface area (Å²) in [7, 11) is 0. The third-order valence-electron chi connectivity index (χ3n) is 5.09. The van der Waals surface area contributed by atoms with E-state index in [0.29, 0.717) is 39.6 Å². The smallest absolute Gasteiger partial charge is 0.119 e. The maximum atomic E-state index is 6.10. The summed E-state index contributed by atoms with van der Waals surface area (Å²) in [6, 6.07) is 29.1. The second-order valence-corrected chi connectivity index (χ2v) is 7.74. The first-order chi connectivity index (χ1) is 16.3. The van der Waals surface area contributed by atoms with E-state index in [-0.39, 0.29) is 18.3 Å². The molecule has 0 bridgehead atoms. The van der Waals surface area contributed by atoms with Gasteiger partial charge in [0.15, 0.2) is 0 Å². The lowest BCUT2D eigenvalue weighted by Gasteiger charge is -2.21. The molecule has 0 aliphatic carbocycles. The molecule has 6 nitrogen and oxygen atoms in total. The Bertz CT molecular complexity index is 771. The van der Waals surface area contributed by atoms with E-state index >= 15 is 0 Å². The number of rotatable bonds is 9. The van der Waals surface area contributed by atoms with Gasteiger partial charge in [0.25, 0.3) is 0 Å². The van der Waals surface area contributed by atoms with Crippen LogP contribution in [0.2, 0.25) is 0 Å². The molecule has 3 aromatic carbocycles. The highest BCUT2D eigenvalue weighted by molar-refractivity contribution is 5.22. The lowest BCUT2D eigenvalue weighted by atomic mass is 10.3. The molecule has 1 fully saturated rings. The molecule has 0 N–H and O–H groups in total. The lowest BCUT2D eigenvalue weighted by Crippen LogP contribution is -2.32. The van der Waals surface area contributed by atoms with Crippen molar-refractivity contribution in [3.63, 3.8) is 0 Å². The second-order valence-electron chi connectivity index (χ2n) is 7.74. The van der Waals surface area contributed by atoms with Gasteiger partial charge >= 0.3 is 0 Å². The average molecular weight is 451 g/mol. The van der Waals surface area contributed by atoms with E-state index in [1.54, 1.807) is 0 Å². The van der Waals surface area contributed by atoms with Crippen molar-refractivity contribution in [3.05, 3.63) is 91.0 Å². The van der Waals surface area contributed by atoms with Gasteiger partial charge in [-0.25, -0.2) is 0 Å². The molecule has 0 amide bonds. The summed E-state index contributed by atoms with van der Waals surface area (Å²) in [5.74, 6) is 2.39. The lowest BCUT2D eigenvalue weighted by molar-refractivity contribution is -0.0607. The molecule has 0 radical (unpaired) electrons. The molecule has 0 spiro atoms. The van der Waals surface area contributed by atoms with E-state index < -0.39 is 0 Å². The van der Waals surface area contributed by atoms with Gasteiger partial charge in [-0.2, -0.15) is 0 Å². The van der Waals surface area contributed by atoms with Crippen LogP contribution in [0.1, 0.15) is 0 Å². The summed E-state index contributed by atoms with van der Waals surface area (Å²) in [5.41, 5.74) is 0. The molecule has 1 aliphatic rings. The molecule has 1 aliphatic heterocycles. The van der Waals surface area contributed by atoms with E-state index in [4.69, 9.17) is 28.4 Å². The van der Waals surface area contributed by atoms with E-state index in [9.17, 15) is 0 Å². The fourth-order valence-corrected chi connectivity index (χ4v) is 3.28. The topological polar surface area (TPSA) is 55.4 Å². The zero-order valence-electron chi connectivity index (χ0n) is 18.6. The first kappa shape index (κ1) is 23.1.